The predicted molar refractivity (Wildman–Crippen MR) is 83.1 cm³/mol. The summed E-state index contributed by atoms with van der Waals surface area (Å²) >= 11 is 1.70. The van der Waals surface area contributed by atoms with Crippen molar-refractivity contribution in [1.82, 2.24) is 14.8 Å². The highest BCUT2D eigenvalue weighted by Gasteiger charge is 2.12. The first-order chi connectivity index (χ1) is 9.76. The van der Waals surface area contributed by atoms with Gasteiger partial charge < -0.3 is 9.30 Å². The molecule has 0 N–H and O–H groups in total. The van der Waals surface area contributed by atoms with Gasteiger partial charge in [0.1, 0.15) is 0 Å². The first kappa shape index (κ1) is 15.1. The minimum atomic E-state index is 0.748. The van der Waals surface area contributed by atoms with Crippen molar-refractivity contribution < 1.29 is 4.74 Å². The zero-order valence-corrected chi connectivity index (χ0v) is 13.1. The van der Waals surface area contributed by atoms with E-state index >= 15 is 0 Å². The van der Waals surface area contributed by atoms with Gasteiger partial charge in [-0.1, -0.05) is 35.5 Å². The molecular weight excluding hydrogens is 270 g/mol. The Balaban J connectivity index is 2.16. The fourth-order valence-corrected chi connectivity index (χ4v) is 2.87. The molecule has 5 heteroatoms. The lowest BCUT2D eigenvalue weighted by atomic mass is 10.1. The van der Waals surface area contributed by atoms with Gasteiger partial charge in [0.15, 0.2) is 11.0 Å². The number of hydrogen-bond donors (Lipinski definition) is 0. The van der Waals surface area contributed by atoms with Gasteiger partial charge in [-0.3, -0.25) is 0 Å². The number of hydrogen-bond acceptors (Lipinski definition) is 4. The molecule has 20 heavy (non-hydrogen) atoms. The third kappa shape index (κ3) is 3.61. The summed E-state index contributed by atoms with van der Waals surface area (Å²) in [5.41, 5.74) is 2.36. The first-order valence-electron chi connectivity index (χ1n) is 6.97. The lowest BCUT2D eigenvalue weighted by molar-refractivity contribution is 0.164. The molecule has 1 aromatic carbocycles. The van der Waals surface area contributed by atoms with Crippen LogP contribution < -0.4 is 0 Å². The topological polar surface area (TPSA) is 39.9 Å². The molecule has 0 aliphatic carbocycles. The van der Waals surface area contributed by atoms with Crippen LogP contribution in [-0.4, -0.2) is 33.7 Å². The molecule has 0 saturated heterocycles. The van der Waals surface area contributed by atoms with E-state index in [-0.39, 0.29) is 0 Å². The second-order valence-corrected chi connectivity index (χ2v) is 5.53. The minimum Gasteiger partial charge on any atom is -0.381 e. The quantitative estimate of drug-likeness (QED) is 0.579. The lowest BCUT2D eigenvalue weighted by Crippen LogP contribution is -2.02. The zero-order valence-electron chi connectivity index (χ0n) is 12.3. The molecule has 4 nitrogen and oxygen atoms in total. The molecule has 0 saturated carbocycles. The molecule has 0 aliphatic heterocycles. The van der Waals surface area contributed by atoms with E-state index in [1.165, 1.54) is 5.56 Å². The smallest absolute Gasteiger partial charge is 0.191 e. The number of aromatic nitrogens is 3. The molecule has 108 valence electrons. The highest BCUT2D eigenvalue weighted by Crippen LogP contribution is 2.24. The third-order valence-electron chi connectivity index (χ3n) is 2.97. The van der Waals surface area contributed by atoms with Crippen molar-refractivity contribution >= 4 is 11.8 Å². The number of benzene rings is 1. The lowest BCUT2D eigenvalue weighted by Gasteiger charge is -2.07. The monoisotopic (exact) mass is 291 g/mol. The number of nitrogens with zero attached hydrogens (tertiary/aromatic N) is 3. The average Bonchev–Trinajstić information content (AvgIpc) is 2.86. The van der Waals surface area contributed by atoms with Crippen LogP contribution in [0.15, 0.2) is 29.4 Å². The SMILES string of the molecule is CCOCCSc1nnc(-c2cccc(C)c2)n1CC. The van der Waals surface area contributed by atoms with Crippen LogP contribution in [0, 0.1) is 6.92 Å². The van der Waals surface area contributed by atoms with Crippen molar-refractivity contribution in [1.29, 1.82) is 0 Å². The van der Waals surface area contributed by atoms with E-state index in [2.05, 4.69) is 52.9 Å². The van der Waals surface area contributed by atoms with E-state index in [1.807, 2.05) is 6.92 Å². The zero-order chi connectivity index (χ0) is 14.4. The number of aryl methyl sites for hydroxylation is 1. The van der Waals surface area contributed by atoms with Gasteiger partial charge in [0.25, 0.3) is 0 Å². The van der Waals surface area contributed by atoms with E-state index in [1.54, 1.807) is 11.8 Å². The molecule has 0 amide bonds. The Bertz CT molecular complexity index is 554. The maximum Gasteiger partial charge on any atom is 0.191 e. The Morgan fingerprint density at radius 2 is 2.10 bits per heavy atom. The highest BCUT2D eigenvalue weighted by molar-refractivity contribution is 7.99. The maximum absolute atomic E-state index is 5.36. The van der Waals surface area contributed by atoms with E-state index in [9.17, 15) is 0 Å². The van der Waals surface area contributed by atoms with Crippen LogP contribution in [-0.2, 0) is 11.3 Å². The van der Waals surface area contributed by atoms with Crippen LogP contribution in [0.1, 0.15) is 19.4 Å². The van der Waals surface area contributed by atoms with Gasteiger partial charge in [0.2, 0.25) is 0 Å². The second kappa shape index (κ2) is 7.45. The van der Waals surface area contributed by atoms with Crippen molar-refractivity contribution in [3.63, 3.8) is 0 Å². The van der Waals surface area contributed by atoms with Gasteiger partial charge in [-0.05, 0) is 26.8 Å². The van der Waals surface area contributed by atoms with Gasteiger partial charge >= 0.3 is 0 Å². The van der Waals surface area contributed by atoms with Gasteiger partial charge in [-0.2, -0.15) is 0 Å². The van der Waals surface area contributed by atoms with Gasteiger partial charge in [0.05, 0.1) is 6.61 Å². The van der Waals surface area contributed by atoms with Gasteiger partial charge in [-0.15, -0.1) is 10.2 Å². The Hall–Kier alpha value is -1.33. The van der Waals surface area contributed by atoms with Gasteiger partial charge in [0, 0.05) is 24.5 Å². The van der Waals surface area contributed by atoms with Crippen LogP contribution in [0.2, 0.25) is 0 Å². The predicted octanol–water partition coefficient (Wildman–Crippen LogP) is 3.40. The average molecular weight is 291 g/mol. The molecule has 0 radical (unpaired) electrons. The number of rotatable bonds is 7. The Labute approximate surface area is 124 Å². The van der Waals surface area contributed by atoms with Crippen LogP contribution in [0.5, 0.6) is 0 Å². The summed E-state index contributed by atoms with van der Waals surface area (Å²) in [7, 11) is 0. The molecule has 0 aliphatic rings. The van der Waals surface area contributed by atoms with Gasteiger partial charge in [-0.25, -0.2) is 0 Å². The Morgan fingerprint density at radius 3 is 2.80 bits per heavy atom. The summed E-state index contributed by atoms with van der Waals surface area (Å²) in [4.78, 5) is 0. The van der Waals surface area contributed by atoms with Crippen molar-refractivity contribution in [2.45, 2.75) is 32.5 Å². The fraction of sp³-hybridized carbons (Fsp3) is 0.467. The summed E-state index contributed by atoms with van der Waals surface area (Å²) in [5, 5.41) is 9.62. The summed E-state index contributed by atoms with van der Waals surface area (Å²) in [6.07, 6.45) is 0. The molecule has 2 rings (SSSR count). The molecule has 0 unspecified atom stereocenters. The van der Waals surface area contributed by atoms with E-state index in [0.717, 1.165) is 42.1 Å². The van der Waals surface area contributed by atoms with Crippen LogP contribution in [0.4, 0.5) is 0 Å². The Morgan fingerprint density at radius 1 is 1.25 bits per heavy atom. The largest absolute Gasteiger partial charge is 0.381 e. The minimum absolute atomic E-state index is 0.748. The summed E-state index contributed by atoms with van der Waals surface area (Å²) in [6.45, 7) is 8.60. The van der Waals surface area contributed by atoms with E-state index in [0.29, 0.717) is 0 Å². The molecule has 1 heterocycles. The third-order valence-corrected chi connectivity index (χ3v) is 3.90. The number of ether oxygens (including phenoxy) is 1. The molecular formula is C15H21N3OS. The van der Waals surface area contributed by atoms with Crippen LogP contribution in [0.25, 0.3) is 11.4 Å². The molecule has 2 aromatic rings. The standard InChI is InChI=1S/C15H21N3OS/c1-4-18-14(13-8-6-7-12(3)11-13)16-17-15(18)20-10-9-19-5-2/h6-8,11H,4-5,9-10H2,1-3H3. The summed E-state index contributed by atoms with van der Waals surface area (Å²) in [6, 6.07) is 8.37. The summed E-state index contributed by atoms with van der Waals surface area (Å²) < 4.78 is 7.52. The van der Waals surface area contributed by atoms with E-state index in [4.69, 9.17) is 4.74 Å². The molecule has 0 bridgehead atoms. The van der Waals surface area contributed by atoms with Crippen molar-refractivity contribution in [2.75, 3.05) is 19.0 Å². The molecule has 0 spiro atoms. The van der Waals surface area contributed by atoms with Crippen molar-refractivity contribution in [2.24, 2.45) is 0 Å². The van der Waals surface area contributed by atoms with Crippen LogP contribution in [0.3, 0.4) is 0 Å². The van der Waals surface area contributed by atoms with Crippen LogP contribution >= 0.6 is 11.8 Å². The van der Waals surface area contributed by atoms with Crippen molar-refractivity contribution in [3.05, 3.63) is 29.8 Å². The summed E-state index contributed by atoms with van der Waals surface area (Å²) in [5.74, 6) is 1.84. The molecule has 0 atom stereocenters. The van der Waals surface area contributed by atoms with E-state index < -0.39 is 0 Å². The second-order valence-electron chi connectivity index (χ2n) is 4.47. The highest BCUT2D eigenvalue weighted by atomic mass is 32.2. The van der Waals surface area contributed by atoms with Crippen molar-refractivity contribution in [3.8, 4) is 11.4 Å². The maximum atomic E-state index is 5.36. The molecule has 1 aromatic heterocycles. The Kier molecular flexibility index (Phi) is 5.61. The first-order valence-corrected chi connectivity index (χ1v) is 7.95. The molecule has 0 fully saturated rings. The normalized spacial score (nSPS) is 10.9. The number of thioether (sulfide) groups is 1. The fourth-order valence-electron chi connectivity index (χ4n) is 2.01.